The molecule has 0 spiro atoms. The molecule has 0 aromatic heterocycles. The summed E-state index contributed by atoms with van der Waals surface area (Å²) >= 11 is 0. The van der Waals surface area contributed by atoms with Crippen LogP contribution in [0.5, 0.6) is 0 Å². The van der Waals surface area contributed by atoms with Gasteiger partial charge < -0.3 is 14.8 Å². The van der Waals surface area contributed by atoms with Crippen LogP contribution in [-0.4, -0.2) is 38.5 Å². The van der Waals surface area contributed by atoms with E-state index < -0.39 is 0 Å². The summed E-state index contributed by atoms with van der Waals surface area (Å²) in [6.45, 7) is 9.59. The van der Waals surface area contributed by atoms with Gasteiger partial charge >= 0.3 is 0 Å². The molecule has 1 saturated heterocycles. The van der Waals surface area contributed by atoms with Gasteiger partial charge in [-0.1, -0.05) is 6.92 Å². The Morgan fingerprint density at radius 1 is 1.41 bits per heavy atom. The number of hydrogen-bond acceptors (Lipinski definition) is 3. The highest BCUT2D eigenvalue weighted by molar-refractivity contribution is 4.83. The first kappa shape index (κ1) is 14.9. The van der Waals surface area contributed by atoms with Gasteiger partial charge in [0.1, 0.15) is 0 Å². The minimum Gasteiger partial charge on any atom is -0.379 e. The third kappa shape index (κ3) is 5.36. The second-order valence-electron chi connectivity index (χ2n) is 5.68. The zero-order valence-electron chi connectivity index (χ0n) is 11.9. The van der Waals surface area contributed by atoms with Crippen molar-refractivity contribution in [1.29, 1.82) is 0 Å². The van der Waals surface area contributed by atoms with Crippen LogP contribution in [0.4, 0.5) is 0 Å². The summed E-state index contributed by atoms with van der Waals surface area (Å²) in [4.78, 5) is 0. The van der Waals surface area contributed by atoms with Crippen molar-refractivity contribution in [1.82, 2.24) is 5.32 Å². The average molecular weight is 243 g/mol. The topological polar surface area (TPSA) is 30.5 Å². The maximum absolute atomic E-state index is 5.94. The van der Waals surface area contributed by atoms with Crippen molar-refractivity contribution in [2.24, 2.45) is 5.92 Å². The van der Waals surface area contributed by atoms with Gasteiger partial charge in [-0.15, -0.1) is 0 Å². The Morgan fingerprint density at radius 3 is 2.82 bits per heavy atom. The quantitative estimate of drug-likeness (QED) is 0.697. The molecule has 17 heavy (non-hydrogen) atoms. The monoisotopic (exact) mass is 243 g/mol. The molecule has 2 unspecified atom stereocenters. The number of rotatable bonds is 7. The summed E-state index contributed by atoms with van der Waals surface area (Å²) < 4.78 is 11.5. The SMILES string of the molecule is CCCNCC1CCCOC1CC(C)(C)OC. The predicted octanol–water partition coefficient (Wildman–Crippen LogP) is 2.60. The molecule has 0 bridgehead atoms. The summed E-state index contributed by atoms with van der Waals surface area (Å²) in [6, 6.07) is 0. The highest BCUT2D eigenvalue weighted by Crippen LogP contribution is 2.28. The molecule has 1 N–H and O–H groups in total. The van der Waals surface area contributed by atoms with E-state index in [-0.39, 0.29) is 5.60 Å². The van der Waals surface area contributed by atoms with E-state index in [1.165, 1.54) is 19.3 Å². The van der Waals surface area contributed by atoms with Crippen molar-refractivity contribution in [3.8, 4) is 0 Å². The molecule has 1 rings (SSSR count). The summed E-state index contributed by atoms with van der Waals surface area (Å²) in [5.74, 6) is 0.643. The van der Waals surface area contributed by atoms with Crippen molar-refractivity contribution in [2.45, 2.75) is 58.2 Å². The van der Waals surface area contributed by atoms with Crippen LogP contribution in [0.1, 0.15) is 46.5 Å². The normalized spacial score (nSPS) is 26.1. The first-order chi connectivity index (χ1) is 8.09. The summed E-state index contributed by atoms with van der Waals surface area (Å²) in [5.41, 5.74) is -0.0784. The van der Waals surface area contributed by atoms with Gasteiger partial charge in [-0.05, 0) is 45.6 Å². The van der Waals surface area contributed by atoms with Crippen LogP contribution in [0.2, 0.25) is 0 Å². The number of methoxy groups -OCH3 is 1. The first-order valence-electron chi connectivity index (χ1n) is 6.96. The fraction of sp³-hybridized carbons (Fsp3) is 1.00. The van der Waals surface area contributed by atoms with Gasteiger partial charge in [-0.3, -0.25) is 0 Å². The Balaban J connectivity index is 2.42. The molecule has 102 valence electrons. The molecule has 0 amide bonds. The van der Waals surface area contributed by atoms with Crippen molar-refractivity contribution in [2.75, 3.05) is 26.8 Å². The highest BCUT2D eigenvalue weighted by Gasteiger charge is 2.31. The molecular formula is C14H29NO2. The van der Waals surface area contributed by atoms with Crippen LogP contribution >= 0.6 is 0 Å². The Kier molecular flexibility index (Phi) is 6.45. The number of nitrogens with one attached hydrogen (secondary N) is 1. The minimum atomic E-state index is -0.0784. The highest BCUT2D eigenvalue weighted by atomic mass is 16.5. The molecule has 0 aliphatic carbocycles. The van der Waals surface area contributed by atoms with E-state index in [9.17, 15) is 0 Å². The second-order valence-corrected chi connectivity index (χ2v) is 5.68. The van der Waals surface area contributed by atoms with Gasteiger partial charge in [0, 0.05) is 26.7 Å². The Hall–Kier alpha value is -0.120. The summed E-state index contributed by atoms with van der Waals surface area (Å²) in [5, 5.41) is 3.52. The van der Waals surface area contributed by atoms with Gasteiger partial charge in [-0.25, -0.2) is 0 Å². The smallest absolute Gasteiger partial charge is 0.0647 e. The molecule has 0 radical (unpaired) electrons. The number of ether oxygens (including phenoxy) is 2. The van der Waals surface area contributed by atoms with Gasteiger partial charge in [0.2, 0.25) is 0 Å². The van der Waals surface area contributed by atoms with Crippen molar-refractivity contribution >= 4 is 0 Å². The van der Waals surface area contributed by atoms with Crippen LogP contribution in [-0.2, 0) is 9.47 Å². The zero-order valence-corrected chi connectivity index (χ0v) is 11.9. The molecule has 2 atom stereocenters. The fourth-order valence-electron chi connectivity index (χ4n) is 2.39. The summed E-state index contributed by atoms with van der Waals surface area (Å²) in [6.07, 6.45) is 5.01. The van der Waals surface area contributed by atoms with Crippen LogP contribution in [0.15, 0.2) is 0 Å². The van der Waals surface area contributed by atoms with Gasteiger partial charge in [0.05, 0.1) is 11.7 Å². The van der Waals surface area contributed by atoms with Crippen molar-refractivity contribution < 1.29 is 9.47 Å². The van der Waals surface area contributed by atoms with Crippen molar-refractivity contribution in [3.05, 3.63) is 0 Å². The molecular weight excluding hydrogens is 214 g/mol. The fourth-order valence-corrected chi connectivity index (χ4v) is 2.39. The van der Waals surface area contributed by atoms with Crippen LogP contribution in [0, 0.1) is 5.92 Å². The molecule has 0 saturated carbocycles. The van der Waals surface area contributed by atoms with Gasteiger partial charge in [0.15, 0.2) is 0 Å². The lowest BCUT2D eigenvalue weighted by Gasteiger charge is -2.36. The molecule has 3 heteroatoms. The van der Waals surface area contributed by atoms with E-state index in [4.69, 9.17) is 9.47 Å². The summed E-state index contributed by atoms with van der Waals surface area (Å²) in [7, 11) is 1.78. The standard InChI is InChI=1S/C14H29NO2/c1-5-8-15-11-12-7-6-9-17-13(12)10-14(2,3)16-4/h12-13,15H,5-11H2,1-4H3. The third-order valence-electron chi connectivity index (χ3n) is 3.66. The van der Waals surface area contributed by atoms with E-state index in [1.807, 2.05) is 0 Å². The van der Waals surface area contributed by atoms with Crippen LogP contribution in [0.3, 0.4) is 0 Å². The third-order valence-corrected chi connectivity index (χ3v) is 3.66. The second kappa shape index (κ2) is 7.34. The Labute approximate surface area is 106 Å². The van der Waals surface area contributed by atoms with Gasteiger partial charge in [0.25, 0.3) is 0 Å². The minimum absolute atomic E-state index is 0.0784. The van der Waals surface area contributed by atoms with Crippen LogP contribution in [0.25, 0.3) is 0 Å². The molecule has 1 fully saturated rings. The average Bonchev–Trinajstić information content (AvgIpc) is 2.31. The van der Waals surface area contributed by atoms with Crippen molar-refractivity contribution in [3.63, 3.8) is 0 Å². The lowest BCUT2D eigenvalue weighted by atomic mass is 9.87. The molecule has 0 aromatic rings. The van der Waals surface area contributed by atoms with Crippen LogP contribution < -0.4 is 5.32 Å². The van der Waals surface area contributed by atoms with E-state index in [0.29, 0.717) is 12.0 Å². The predicted molar refractivity (Wildman–Crippen MR) is 71.3 cm³/mol. The molecule has 3 nitrogen and oxygen atoms in total. The molecule has 0 aromatic carbocycles. The maximum atomic E-state index is 5.94. The number of hydrogen-bond donors (Lipinski definition) is 1. The molecule has 1 aliphatic heterocycles. The lowest BCUT2D eigenvalue weighted by molar-refractivity contribution is -0.0832. The lowest BCUT2D eigenvalue weighted by Crippen LogP contribution is -2.41. The van der Waals surface area contributed by atoms with E-state index >= 15 is 0 Å². The Bertz CT molecular complexity index is 206. The van der Waals surface area contributed by atoms with E-state index in [0.717, 1.165) is 26.1 Å². The van der Waals surface area contributed by atoms with Gasteiger partial charge in [-0.2, -0.15) is 0 Å². The van der Waals surface area contributed by atoms with E-state index in [1.54, 1.807) is 7.11 Å². The van der Waals surface area contributed by atoms with E-state index in [2.05, 4.69) is 26.1 Å². The maximum Gasteiger partial charge on any atom is 0.0647 e. The molecule has 1 heterocycles. The Morgan fingerprint density at radius 2 is 2.18 bits per heavy atom. The largest absolute Gasteiger partial charge is 0.379 e. The first-order valence-corrected chi connectivity index (χ1v) is 6.96. The molecule has 1 aliphatic rings. The zero-order chi connectivity index (χ0) is 12.7.